The fourth-order valence-corrected chi connectivity index (χ4v) is 4.02. The van der Waals surface area contributed by atoms with Gasteiger partial charge in [-0.1, -0.05) is 0 Å². The molecule has 9 heteroatoms. The molecule has 2 saturated heterocycles. The Kier molecular flexibility index (Phi) is 4.78. The summed E-state index contributed by atoms with van der Waals surface area (Å²) in [5.74, 6) is 1.62. The summed E-state index contributed by atoms with van der Waals surface area (Å²) >= 11 is 0. The van der Waals surface area contributed by atoms with Crippen molar-refractivity contribution in [3.8, 4) is 11.4 Å². The molecule has 2 fully saturated rings. The van der Waals surface area contributed by atoms with Gasteiger partial charge >= 0.3 is 0 Å². The minimum absolute atomic E-state index is 0.0388. The predicted molar refractivity (Wildman–Crippen MR) is 105 cm³/mol. The van der Waals surface area contributed by atoms with Crippen LogP contribution in [0.3, 0.4) is 0 Å². The van der Waals surface area contributed by atoms with Crippen molar-refractivity contribution in [1.29, 1.82) is 0 Å². The third kappa shape index (κ3) is 3.41. The maximum atomic E-state index is 6.10. The average molecular weight is 396 g/mol. The molecule has 0 saturated carbocycles. The van der Waals surface area contributed by atoms with Gasteiger partial charge in [-0.25, -0.2) is 4.68 Å². The molecule has 4 atom stereocenters. The van der Waals surface area contributed by atoms with Crippen molar-refractivity contribution in [1.82, 2.24) is 25.5 Å². The van der Waals surface area contributed by atoms with Crippen LogP contribution in [0.1, 0.15) is 11.8 Å². The molecule has 9 nitrogen and oxygen atoms in total. The van der Waals surface area contributed by atoms with Crippen LogP contribution in [0.5, 0.6) is 0 Å². The van der Waals surface area contributed by atoms with Crippen LogP contribution >= 0.6 is 0 Å². The molecule has 3 aromatic rings. The number of rotatable bonds is 6. The average Bonchev–Trinajstić information content (AvgIpc) is 3.51. The van der Waals surface area contributed by atoms with Crippen molar-refractivity contribution in [2.75, 3.05) is 32.2 Å². The first kappa shape index (κ1) is 18.3. The number of hydrogen-bond acceptors (Lipinski definition) is 8. The number of aromatic nitrogens is 4. The van der Waals surface area contributed by atoms with Crippen LogP contribution < -0.4 is 10.2 Å². The molecule has 0 spiro atoms. The van der Waals surface area contributed by atoms with Gasteiger partial charge in [0.05, 0.1) is 32.1 Å². The van der Waals surface area contributed by atoms with E-state index >= 15 is 0 Å². The number of benzene rings is 1. The van der Waals surface area contributed by atoms with Gasteiger partial charge in [0, 0.05) is 25.3 Å². The maximum absolute atomic E-state index is 6.10. The third-order valence-electron chi connectivity index (χ3n) is 5.59. The Morgan fingerprint density at radius 1 is 1.10 bits per heavy atom. The van der Waals surface area contributed by atoms with Crippen LogP contribution in [0, 0.1) is 0 Å². The van der Waals surface area contributed by atoms with Crippen LogP contribution in [-0.2, 0) is 16.0 Å². The van der Waals surface area contributed by atoms with Crippen LogP contribution in [0.15, 0.2) is 47.1 Å². The largest absolute Gasteiger partial charge is 0.468 e. The van der Waals surface area contributed by atoms with Crippen molar-refractivity contribution in [3.05, 3.63) is 48.4 Å². The summed E-state index contributed by atoms with van der Waals surface area (Å²) in [6.07, 6.45) is 1.55. The topological polar surface area (TPSA) is 90.5 Å². The first-order valence-electron chi connectivity index (χ1n) is 9.75. The van der Waals surface area contributed by atoms with E-state index in [9.17, 15) is 0 Å². The second-order valence-corrected chi connectivity index (χ2v) is 7.62. The summed E-state index contributed by atoms with van der Waals surface area (Å²) in [5.41, 5.74) is 2.09. The molecule has 0 aliphatic carbocycles. The van der Waals surface area contributed by atoms with Gasteiger partial charge < -0.3 is 24.1 Å². The minimum atomic E-state index is -0.0904. The van der Waals surface area contributed by atoms with Crippen LogP contribution in [0.25, 0.3) is 11.4 Å². The van der Waals surface area contributed by atoms with Crippen molar-refractivity contribution in [2.24, 2.45) is 0 Å². The summed E-state index contributed by atoms with van der Waals surface area (Å²) in [7, 11) is 4.03. The normalized spacial score (nSPS) is 26.0. The van der Waals surface area contributed by atoms with E-state index in [0.717, 1.165) is 22.8 Å². The number of furan rings is 1. The summed E-state index contributed by atoms with van der Waals surface area (Å²) in [6, 6.07) is 12.1. The lowest BCUT2D eigenvalue weighted by atomic mass is 10.1. The number of hydrogen-bond donors (Lipinski definition) is 1. The Morgan fingerprint density at radius 2 is 1.93 bits per heavy atom. The molecule has 0 radical (unpaired) electrons. The molecule has 1 aromatic carbocycles. The number of nitrogens with one attached hydrogen (secondary N) is 1. The molecule has 0 unspecified atom stereocenters. The zero-order chi connectivity index (χ0) is 19.8. The smallest absolute Gasteiger partial charge is 0.182 e. The van der Waals surface area contributed by atoms with E-state index in [1.165, 1.54) is 0 Å². The monoisotopic (exact) mass is 396 g/mol. The van der Waals surface area contributed by atoms with E-state index in [-0.39, 0.29) is 24.3 Å². The lowest BCUT2D eigenvalue weighted by molar-refractivity contribution is 0.0621. The van der Waals surface area contributed by atoms with E-state index in [4.69, 9.17) is 13.9 Å². The van der Waals surface area contributed by atoms with Crippen molar-refractivity contribution in [2.45, 2.75) is 30.8 Å². The molecule has 1 N–H and O–H groups in total. The minimum Gasteiger partial charge on any atom is -0.468 e. The lowest BCUT2D eigenvalue weighted by Crippen LogP contribution is -2.40. The zero-order valence-corrected chi connectivity index (χ0v) is 16.4. The number of ether oxygens (including phenoxy) is 2. The second-order valence-electron chi connectivity index (χ2n) is 7.62. The van der Waals surface area contributed by atoms with Gasteiger partial charge in [0.25, 0.3) is 0 Å². The van der Waals surface area contributed by atoms with Crippen molar-refractivity contribution in [3.63, 3.8) is 0 Å². The fourth-order valence-electron chi connectivity index (χ4n) is 4.02. The quantitative estimate of drug-likeness (QED) is 0.670. The van der Waals surface area contributed by atoms with E-state index in [1.54, 1.807) is 6.26 Å². The van der Waals surface area contributed by atoms with Gasteiger partial charge in [0.15, 0.2) is 5.82 Å². The van der Waals surface area contributed by atoms with E-state index in [0.29, 0.717) is 19.8 Å². The van der Waals surface area contributed by atoms with Crippen LogP contribution in [0.4, 0.5) is 5.69 Å². The van der Waals surface area contributed by atoms with E-state index < -0.39 is 0 Å². The van der Waals surface area contributed by atoms with Gasteiger partial charge in [0.1, 0.15) is 24.0 Å². The number of nitrogens with zero attached hydrogens (tertiary/aromatic N) is 5. The highest BCUT2D eigenvalue weighted by atomic mass is 16.6. The highest BCUT2D eigenvalue weighted by molar-refractivity contribution is 5.60. The third-order valence-corrected chi connectivity index (χ3v) is 5.59. The zero-order valence-electron chi connectivity index (χ0n) is 16.4. The fraction of sp³-hybridized carbons (Fsp3) is 0.450. The Labute approximate surface area is 168 Å². The van der Waals surface area contributed by atoms with Crippen molar-refractivity contribution < 1.29 is 13.9 Å². The molecule has 0 amide bonds. The molecule has 4 heterocycles. The molecule has 2 aliphatic rings. The second kappa shape index (κ2) is 7.58. The summed E-state index contributed by atoms with van der Waals surface area (Å²) < 4.78 is 19.4. The van der Waals surface area contributed by atoms with E-state index in [1.807, 2.05) is 43.0 Å². The van der Waals surface area contributed by atoms with Gasteiger partial charge in [-0.3, -0.25) is 0 Å². The molecule has 29 heavy (non-hydrogen) atoms. The lowest BCUT2D eigenvalue weighted by Gasteiger charge is -2.18. The number of tetrazole rings is 1. The predicted octanol–water partition coefficient (Wildman–Crippen LogP) is 1.50. The number of anilines is 1. The first-order valence-corrected chi connectivity index (χ1v) is 9.75. The number of fused-ring (bicyclic) bond motifs is 1. The Morgan fingerprint density at radius 3 is 2.69 bits per heavy atom. The van der Waals surface area contributed by atoms with Crippen LogP contribution in [0.2, 0.25) is 0 Å². The van der Waals surface area contributed by atoms with Gasteiger partial charge in [0.2, 0.25) is 0 Å². The van der Waals surface area contributed by atoms with Gasteiger partial charge in [-0.15, -0.1) is 5.10 Å². The molecule has 152 valence electrons. The summed E-state index contributed by atoms with van der Waals surface area (Å²) in [5, 5.41) is 15.9. The highest BCUT2D eigenvalue weighted by Gasteiger charge is 2.49. The summed E-state index contributed by atoms with van der Waals surface area (Å²) in [4.78, 5) is 2.06. The Hall–Kier alpha value is -2.75. The molecule has 2 aromatic heterocycles. The summed E-state index contributed by atoms with van der Waals surface area (Å²) in [6.45, 7) is 1.75. The molecule has 0 bridgehead atoms. The SMILES string of the molecule is CN(C)c1ccc(-c2nnnn2[C@H]2CO[C@H]3[C@@H]2OC[C@@H]3NCc2ccco2)cc1. The molecule has 5 rings (SSSR count). The maximum Gasteiger partial charge on any atom is 0.182 e. The van der Waals surface area contributed by atoms with Crippen molar-refractivity contribution >= 4 is 5.69 Å². The van der Waals surface area contributed by atoms with Crippen LogP contribution in [-0.4, -0.2) is 65.8 Å². The Bertz CT molecular complexity index is 940. The first-order chi connectivity index (χ1) is 14.2. The van der Waals surface area contributed by atoms with Gasteiger partial charge in [-0.2, -0.15) is 0 Å². The molecular formula is C20H24N6O3. The molecule has 2 aliphatic heterocycles. The van der Waals surface area contributed by atoms with Gasteiger partial charge in [-0.05, 0) is 46.8 Å². The molecular weight excluding hydrogens is 372 g/mol. The standard InChI is InChI=1S/C20H24N6O3/c1-25(2)14-7-5-13(6-8-14)20-22-23-24-26(20)17-12-29-18-16(11-28-19(17)18)21-10-15-4-3-9-27-15/h3-9,16-19,21H,10-12H2,1-2H3/t16-,17-,18+,19+/m0/s1. The highest BCUT2D eigenvalue weighted by Crippen LogP contribution is 2.36. The Balaban J connectivity index is 1.31. The van der Waals surface area contributed by atoms with E-state index in [2.05, 4.69) is 37.9 Å².